The molecule has 3 nitrogen and oxygen atoms in total. The Bertz CT molecular complexity index is 385. The molecule has 100 valence electrons. The van der Waals surface area contributed by atoms with Crippen LogP contribution in [0.3, 0.4) is 0 Å². The molecule has 3 heteroatoms. The number of unbranched alkanes of at least 4 members (excludes halogenated alkanes) is 1. The standard InChI is InChI=1S/C15H25N3/c1-5-6-7-12-8-10-13(11-9-12)17-14(16)18-15(2,3)4/h8-11H,5-7H2,1-4H3,(H3,16,17,18). The first-order valence-corrected chi connectivity index (χ1v) is 6.62. The molecule has 0 spiro atoms. The number of nitrogens with zero attached hydrogens (tertiary/aromatic N) is 1. The lowest BCUT2D eigenvalue weighted by molar-refractivity contribution is 0.583. The van der Waals surface area contributed by atoms with Gasteiger partial charge in [-0.3, -0.25) is 0 Å². The van der Waals surface area contributed by atoms with Gasteiger partial charge in [0.25, 0.3) is 0 Å². The Morgan fingerprint density at radius 2 is 1.83 bits per heavy atom. The van der Waals surface area contributed by atoms with E-state index in [1.54, 1.807) is 0 Å². The fourth-order valence-electron chi connectivity index (χ4n) is 1.67. The van der Waals surface area contributed by atoms with Gasteiger partial charge in [0.15, 0.2) is 5.96 Å². The zero-order valence-corrected chi connectivity index (χ0v) is 12.0. The highest BCUT2D eigenvalue weighted by molar-refractivity contribution is 5.92. The van der Waals surface area contributed by atoms with E-state index in [0.717, 1.165) is 12.1 Å². The summed E-state index contributed by atoms with van der Waals surface area (Å²) in [5.74, 6) is 0.462. The van der Waals surface area contributed by atoms with Crippen LogP contribution in [0.5, 0.6) is 0 Å². The van der Waals surface area contributed by atoms with E-state index < -0.39 is 0 Å². The van der Waals surface area contributed by atoms with Gasteiger partial charge < -0.3 is 11.1 Å². The predicted octanol–water partition coefficient (Wildman–Crippen LogP) is 3.55. The molecule has 0 heterocycles. The molecule has 0 radical (unpaired) electrons. The molecule has 1 aromatic rings. The Hall–Kier alpha value is -1.51. The summed E-state index contributed by atoms with van der Waals surface area (Å²) in [5, 5.41) is 3.11. The second-order valence-electron chi connectivity index (χ2n) is 5.59. The summed E-state index contributed by atoms with van der Waals surface area (Å²) in [6.45, 7) is 8.28. The maximum atomic E-state index is 5.85. The highest BCUT2D eigenvalue weighted by Gasteiger charge is 2.08. The van der Waals surface area contributed by atoms with Crippen molar-refractivity contribution in [2.24, 2.45) is 10.7 Å². The number of aliphatic imine (C=N–C) groups is 1. The van der Waals surface area contributed by atoms with Crippen molar-refractivity contribution in [1.82, 2.24) is 0 Å². The van der Waals surface area contributed by atoms with Crippen LogP contribution < -0.4 is 11.1 Å². The maximum Gasteiger partial charge on any atom is 0.193 e. The van der Waals surface area contributed by atoms with Crippen molar-refractivity contribution < 1.29 is 0 Å². The summed E-state index contributed by atoms with van der Waals surface area (Å²) >= 11 is 0. The van der Waals surface area contributed by atoms with E-state index in [1.165, 1.54) is 18.4 Å². The van der Waals surface area contributed by atoms with E-state index in [2.05, 4.69) is 41.5 Å². The Labute approximate surface area is 111 Å². The minimum absolute atomic E-state index is 0.155. The Balaban J connectivity index is 2.61. The van der Waals surface area contributed by atoms with Gasteiger partial charge in [-0.1, -0.05) is 25.5 Å². The van der Waals surface area contributed by atoms with Crippen molar-refractivity contribution in [2.45, 2.75) is 52.5 Å². The van der Waals surface area contributed by atoms with Crippen molar-refractivity contribution >= 4 is 11.6 Å². The Kier molecular flexibility index (Phi) is 5.20. The molecule has 0 aromatic heterocycles. The number of nitrogens with two attached hydrogens (primary N) is 1. The van der Waals surface area contributed by atoms with E-state index in [1.807, 2.05) is 20.8 Å². The molecule has 1 rings (SSSR count). The van der Waals surface area contributed by atoms with Crippen LogP contribution in [-0.2, 0) is 6.42 Å². The molecule has 0 amide bonds. The van der Waals surface area contributed by atoms with Gasteiger partial charge in [0.1, 0.15) is 0 Å². The molecule has 0 fully saturated rings. The second-order valence-corrected chi connectivity index (χ2v) is 5.59. The summed E-state index contributed by atoms with van der Waals surface area (Å²) in [5.41, 5.74) is 8.05. The third kappa shape index (κ3) is 5.71. The molecule has 0 aliphatic carbocycles. The first kappa shape index (κ1) is 14.6. The van der Waals surface area contributed by atoms with Crippen LogP contribution in [0, 0.1) is 0 Å². The van der Waals surface area contributed by atoms with Crippen molar-refractivity contribution in [2.75, 3.05) is 5.32 Å². The number of rotatable bonds is 4. The average molecular weight is 247 g/mol. The van der Waals surface area contributed by atoms with Gasteiger partial charge in [0, 0.05) is 5.69 Å². The lowest BCUT2D eigenvalue weighted by Gasteiger charge is -2.14. The molecule has 3 N–H and O–H groups in total. The molecule has 0 saturated heterocycles. The third-order valence-electron chi connectivity index (χ3n) is 2.50. The summed E-state index contributed by atoms with van der Waals surface area (Å²) in [6, 6.07) is 8.39. The van der Waals surface area contributed by atoms with E-state index in [4.69, 9.17) is 5.73 Å². The van der Waals surface area contributed by atoms with Crippen LogP contribution >= 0.6 is 0 Å². The lowest BCUT2D eigenvalue weighted by Crippen LogP contribution is -2.27. The SMILES string of the molecule is CCCCc1ccc(NC(N)=NC(C)(C)C)cc1. The highest BCUT2D eigenvalue weighted by atomic mass is 15.1. The van der Waals surface area contributed by atoms with Gasteiger partial charge in [0.05, 0.1) is 5.54 Å². The van der Waals surface area contributed by atoms with Gasteiger partial charge in [-0.05, 0) is 51.3 Å². The average Bonchev–Trinajstić information content (AvgIpc) is 2.25. The zero-order valence-electron chi connectivity index (χ0n) is 12.0. The third-order valence-corrected chi connectivity index (χ3v) is 2.50. The van der Waals surface area contributed by atoms with Gasteiger partial charge in [-0.15, -0.1) is 0 Å². The van der Waals surface area contributed by atoms with E-state index in [9.17, 15) is 0 Å². The summed E-state index contributed by atoms with van der Waals surface area (Å²) in [6.07, 6.45) is 3.61. The highest BCUT2D eigenvalue weighted by Crippen LogP contribution is 2.12. The van der Waals surface area contributed by atoms with Crippen LogP contribution in [0.4, 0.5) is 5.69 Å². The van der Waals surface area contributed by atoms with Crippen LogP contribution in [0.15, 0.2) is 29.3 Å². The molecular formula is C15H25N3. The largest absolute Gasteiger partial charge is 0.370 e. The fraction of sp³-hybridized carbons (Fsp3) is 0.533. The number of benzene rings is 1. The molecule has 0 aliphatic rings. The van der Waals surface area contributed by atoms with E-state index >= 15 is 0 Å². The van der Waals surface area contributed by atoms with E-state index in [-0.39, 0.29) is 5.54 Å². The first-order valence-electron chi connectivity index (χ1n) is 6.62. The second kappa shape index (κ2) is 6.43. The topological polar surface area (TPSA) is 50.4 Å². The minimum Gasteiger partial charge on any atom is -0.370 e. The van der Waals surface area contributed by atoms with Crippen molar-refractivity contribution in [3.05, 3.63) is 29.8 Å². The molecule has 0 unspecified atom stereocenters. The van der Waals surface area contributed by atoms with Crippen LogP contribution in [0.2, 0.25) is 0 Å². The fourth-order valence-corrected chi connectivity index (χ4v) is 1.67. The Morgan fingerprint density at radius 3 is 2.33 bits per heavy atom. The van der Waals surface area contributed by atoms with Crippen molar-refractivity contribution in [1.29, 1.82) is 0 Å². The smallest absolute Gasteiger partial charge is 0.193 e. The summed E-state index contributed by atoms with van der Waals surface area (Å²) in [4.78, 5) is 4.36. The number of hydrogen-bond donors (Lipinski definition) is 2. The molecule has 18 heavy (non-hydrogen) atoms. The molecule has 0 bridgehead atoms. The molecule has 0 atom stereocenters. The lowest BCUT2D eigenvalue weighted by atomic mass is 10.1. The molecule has 0 aliphatic heterocycles. The quantitative estimate of drug-likeness (QED) is 0.631. The van der Waals surface area contributed by atoms with Crippen LogP contribution in [-0.4, -0.2) is 11.5 Å². The van der Waals surface area contributed by atoms with Crippen LogP contribution in [0.25, 0.3) is 0 Å². The first-order chi connectivity index (χ1) is 8.40. The summed E-state index contributed by atoms with van der Waals surface area (Å²) < 4.78 is 0. The van der Waals surface area contributed by atoms with Gasteiger partial charge in [-0.2, -0.15) is 0 Å². The zero-order chi connectivity index (χ0) is 13.6. The molecular weight excluding hydrogens is 222 g/mol. The van der Waals surface area contributed by atoms with Gasteiger partial charge in [0.2, 0.25) is 0 Å². The minimum atomic E-state index is -0.155. The number of anilines is 1. The predicted molar refractivity (Wildman–Crippen MR) is 80.1 cm³/mol. The molecule has 0 saturated carbocycles. The number of nitrogens with one attached hydrogen (secondary N) is 1. The number of guanidine groups is 1. The molecule has 1 aromatic carbocycles. The van der Waals surface area contributed by atoms with Gasteiger partial charge in [-0.25, -0.2) is 4.99 Å². The Morgan fingerprint density at radius 1 is 1.22 bits per heavy atom. The maximum absolute atomic E-state index is 5.85. The number of hydrogen-bond acceptors (Lipinski definition) is 1. The van der Waals surface area contributed by atoms with E-state index in [0.29, 0.717) is 5.96 Å². The van der Waals surface area contributed by atoms with Crippen molar-refractivity contribution in [3.8, 4) is 0 Å². The summed E-state index contributed by atoms with van der Waals surface area (Å²) in [7, 11) is 0. The number of aryl methyl sites for hydroxylation is 1. The van der Waals surface area contributed by atoms with Crippen LogP contribution in [0.1, 0.15) is 46.1 Å². The monoisotopic (exact) mass is 247 g/mol. The van der Waals surface area contributed by atoms with Crippen molar-refractivity contribution in [3.63, 3.8) is 0 Å². The normalized spacial score (nSPS) is 12.6. The van der Waals surface area contributed by atoms with Gasteiger partial charge >= 0.3 is 0 Å².